The number of aliphatic hydroxyl groups excluding tert-OH is 8. The van der Waals surface area contributed by atoms with Gasteiger partial charge in [0, 0.05) is 0 Å². The van der Waals surface area contributed by atoms with Crippen LogP contribution in [0.1, 0.15) is 5.56 Å². The van der Waals surface area contributed by atoms with Crippen molar-refractivity contribution in [3.63, 3.8) is 0 Å². The van der Waals surface area contributed by atoms with E-state index in [1.807, 2.05) is 0 Å². The molecule has 2 saturated heterocycles. The van der Waals surface area contributed by atoms with Crippen molar-refractivity contribution in [2.75, 3.05) is 6.61 Å². The topological polar surface area (TPSA) is 190 Å². The quantitative estimate of drug-likeness (QED) is 0.245. The van der Waals surface area contributed by atoms with E-state index < -0.39 is 67.7 Å². The highest BCUT2D eigenvalue weighted by atomic mass is 16.8. The zero-order valence-corrected chi connectivity index (χ0v) is 14.6. The van der Waals surface area contributed by atoms with Crippen molar-refractivity contribution in [1.29, 1.82) is 0 Å². The monoisotopic (exact) mass is 404 g/mol. The van der Waals surface area contributed by atoms with Gasteiger partial charge in [0.1, 0.15) is 42.2 Å². The first-order valence-electron chi connectivity index (χ1n) is 8.64. The molecule has 0 spiro atoms. The van der Waals surface area contributed by atoms with Gasteiger partial charge in [0.25, 0.3) is 0 Å². The lowest BCUT2D eigenvalue weighted by Crippen LogP contribution is -2.67. The molecule has 0 saturated carbocycles. The van der Waals surface area contributed by atoms with E-state index in [1.165, 1.54) is 12.1 Å². The number of benzene rings is 1. The van der Waals surface area contributed by atoms with Gasteiger partial charge < -0.3 is 55.1 Å². The second kappa shape index (κ2) is 8.26. The molecule has 1 aromatic carbocycles. The van der Waals surface area contributed by atoms with E-state index in [9.17, 15) is 40.9 Å². The maximum atomic E-state index is 10.5. The summed E-state index contributed by atoms with van der Waals surface area (Å²) < 4.78 is 15.9. The molecule has 8 N–H and O–H groups in total. The van der Waals surface area contributed by atoms with Gasteiger partial charge in [-0.15, -0.1) is 0 Å². The van der Waals surface area contributed by atoms with Gasteiger partial charge >= 0.3 is 0 Å². The van der Waals surface area contributed by atoms with Crippen LogP contribution in [0.15, 0.2) is 30.3 Å². The Morgan fingerprint density at radius 1 is 0.786 bits per heavy atom. The van der Waals surface area contributed by atoms with Crippen molar-refractivity contribution in [1.82, 2.24) is 0 Å². The van der Waals surface area contributed by atoms with Crippen LogP contribution in [0, 0.1) is 0 Å². The SMILES string of the molecule is OC[C@@]1(c2ccccc2)O[C@@H](O)[C@H](O)[C@H](O)[C@@H]1O[C@@H]1O[C@H](O)[C@@H](O)[C@H](O)[C@H]1O. The van der Waals surface area contributed by atoms with Gasteiger partial charge in [-0.3, -0.25) is 0 Å². The van der Waals surface area contributed by atoms with Crippen LogP contribution < -0.4 is 0 Å². The molecule has 3 rings (SSSR count). The van der Waals surface area contributed by atoms with E-state index in [-0.39, 0.29) is 5.56 Å². The van der Waals surface area contributed by atoms with E-state index in [4.69, 9.17) is 14.2 Å². The Morgan fingerprint density at radius 3 is 2.00 bits per heavy atom. The normalized spacial score (nSPS) is 47.1. The fraction of sp³-hybridized carbons (Fsp3) is 0.647. The maximum Gasteiger partial charge on any atom is 0.189 e. The predicted molar refractivity (Wildman–Crippen MR) is 88.1 cm³/mol. The second-order valence-electron chi connectivity index (χ2n) is 6.83. The van der Waals surface area contributed by atoms with Crippen LogP contribution in [0.2, 0.25) is 0 Å². The molecule has 0 radical (unpaired) electrons. The van der Waals surface area contributed by atoms with Gasteiger partial charge in [0.15, 0.2) is 18.9 Å². The lowest BCUT2D eigenvalue weighted by molar-refractivity contribution is -0.395. The molecule has 2 heterocycles. The van der Waals surface area contributed by atoms with E-state index >= 15 is 0 Å². The van der Waals surface area contributed by atoms with E-state index in [0.717, 1.165) is 0 Å². The van der Waals surface area contributed by atoms with Crippen LogP contribution >= 0.6 is 0 Å². The summed E-state index contributed by atoms with van der Waals surface area (Å²) in [5, 5.41) is 79.7. The first-order chi connectivity index (χ1) is 13.2. The highest BCUT2D eigenvalue weighted by Crippen LogP contribution is 2.40. The standard InChI is InChI=1S/C17H24O11/c18-6-17(7-4-2-1-3-5-7)13(9(20)11(22)15(25)28-17)26-16-12(23)8(19)10(21)14(24)27-16/h1-5,8-16,18-25H,6H2/t8-,9-,10-,11+,12+,13-,14-,15+,16+,17-/m0/s1. The molecule has 0 unspecified atom stereocenters. The van der Waals surface area contributed by atoms with Crippen LogP contribution in [0.25, 0.3) is 0 Å². The Hall–Kier alpha value is -1.22. The van der Waals surface area contributed by atoms with Crippen LogP contribution in [-0.4, -0.2) is 103 Å². The van der Waals surface area contributed by atoms with Crippen molar-refractivity contribution in [2.24, 2.45) is 0 Å². The van der Waals surface area contributed by atoms with Crippen molar-refractivity contribution < 1.29 is 55.1 Å². The average molecular weight is 404 g/mol. The summed E-state index contributed by atoms with van der Waals surface area (Å²) in [6.07, 6.45) is -16.2. The van der Waals surface area contributed by atoms with Gasteiger partial charge in [-0.25, -0.2) is 0 Å². The Morgan fingerprint density at radius 2 is 1.39 bits per heavy atom. The molecule has 1 aromatic rings. The molecule has 10 atom stereocenters. The fourth-order valence-corrected chi connectivity index (χ4v) is 3.42. The minimum Gasteiger partial charge on any atom is -0.393 e. The minimum atomic E-state index is -1.90. The minimum absolute atomic E-state index is 0.277. The largest absolute Gasteiger partial charge is 0.393 e. The Labute approximate surface area is 159 Å². The lowest BCUT2D eigenvalue weighted by atomic mass is 9.81. The van der Waals surface area contributed by atoms with Crippen molar-refractivity contribution in [3.8, 4) is 0 Å². The van der Waals surface area contributed by atoms with Crippen LogP contribution in [-0.2, 0) is 19.8 Å². The third-order valence-electron chi connectivity index (χ3n) is 5.07. The van der Waals surface area contributed by atoms with Crippen LogP contribution in [0.3, 0.4) is 0 Å². The zero-order valence-electron chi connectivity index (χ0n) is 14.6. The summed E-state index contributed by atoms with van der Waals surface area (Å²) in [6, 6.07) is 7.93. The Bertz CT molecular complexity index is 645. The molecule has 0 amide bonds. The molecule has 11 heteroatoms. The molecule has 28 heavy (non-hydrogen) atoms. The Balaban J connectivity index is 1.97. The van der Waals surface area contributed by atoms with Crippen LogP contribution in [0.5, 0.6) is 0 Å². The molecule has 158 valence electrons. The summed E-state index contributed by atoms with van der Waals surface area (Å²) in [6.45, 7) is -0.806. The number of hydrogen-bond acceptors (Lipinski definition) is 11. The molecular formula is C17H24O11. The van der Waals surface area contributed by atoms with Gasteiger partial charge in [-0.1, -0.05) is 30.3 Å². The van der Waals surface area contributed by atoms with E-state index in [1.54, 1.807) is 18.2 Å². The summed E-state index contributed by atoms with van der Waals surface area (Å²) in [5.74, 6) is 0. The predicted octanol–water partition coefficient (Wildman–Crippen LogP) is -3.91. The summed E-state index contributed by atoms with van der Waals surface area (Å²) in [4.78, 5) is 0. The van der Waals surface area contributed by atoms with Gasteiger partial charge in [0.2, 0.25) is 0 Å². The van der Waals surface area contributed by atoms with E-state index in [2.05, 4.69) is 0 Å². The summed E-state index contributed by atoms with van der Waals surface area (Å²) >= 11 is 0. The highest BCUT2D eigenvalue weighted by Gasteiger charge is 2.57. The molecule has 2 aliphatic rings. The fourth-order valence-electron chi connectivity index (χ4n) is 3.42. The average Bonchev–Trinajstić information content (AvgIpc) is 2.71. The van der Waals surface area contributed by atoms with Crippen molar-refractivity contribution >= 4 is 0 Å². The number of aliphatic hydroxyl groups is 8. The molecule has 0 aliphatic carbocycles. The molecule has 2 aliphatic heterocycles. The highest BCUT2D eigenvalue weighted by molar-refractivity contribution is 5.26. The van der Waals surface area contributed by atoms with Crippen molar-refractivity contribution in [3.05, 3.63) is 35.9 Å². The third kappa shape index (κ3) is 3.56. The van der Waals surface area contributed by atoms with Gasteiger partial charge in [-0.05, 0) is 5.56 Å². The molecular weight excluding hydrogens is 380 g/mol. The summed E-state index contributed by atoms with van der Waals surface area (Å²) in [7, 11) is 0. The maximum absolute atomic E-state index is 10.5. The number of ether oxygens (including phenoxy) is 3. The lowest BCUT2D eigenvalue weighted by Gasteiger charge is -2.50. The smallest absolute Gasteiger partial charge is 0.189 e. The zero-order chi connectivity index (χ0) is 20.6. The number of rotatable bonds is 4. The van der Waals surface area contributed by atoms with Crippen molar-refractivity contribution in [2.45, 2.75) is 61.1 Å². The third-order valence-corrected chi connectivity index (χ3v) is 5.07. The van der Waals surface area contributed by atoms with E-state index in [0.29, 0.717) is 0 Å². The first-order valence-corrected chi connectivity index (χ1v) is 8.64. The van der Waals surface area contributed by atoms with Crippen LogP contribution in [0.4, 0.5) is 0 Å². The molecule has 11 nitrogen and oxygen atoms in total. The van der Waals surface area contributed by atoms with Gasteiger partial charge in [-0.2, -0.15) is 0 Å². The molecule has 0 bridgehead atoms. The first kappa shape index (κ1) is 21.5. The molecule has 0 aromatic heterocycles. The number of hydrogen-bond donors (Lipinski definition) is 8. The summed E-state index contributed by atoms with van der Waals surface area (Å²) in [5.41, 5.74) is -1.60. The Kier molecular flexibility index (Phi) is 6.34. The second-order valence-corrected chi connectivity index (χ2v) is 6.83. The molecule has 2 fully saturated rings. The van der Waals surface area contributed by atoms with Gasteiger partial charge in [0.05, 0.1) is 6.61 Å².